The Balaban J connectivity index is 0. The molecule has 0 aliphatic rings. The van der Waals surface area contributed by atoms with Crippen molar-refractivity contribution in [2.24, 2.45) is 0 Å². The van der Waals surface area contributed by atoms with E-state index in [0.29, 0.717) is 6.42 Å². The van der Waals surface area contributed by atoms with Crippen molar-refractivity contribution >= 4 is 39.6 Å². The molecule has 0 aromatic rings. The van der Waals surface area contributed by atoms with Gasteiger partial charge in [0.05, 0.1) is 13.5 Å². The summed E-state index contributed by atoms with van der Waals surface area (Å²) in [6, 6.07) is 0. The summed E-state index contributed by atoms with van der Waals surface area (Å²) in [5.74, 6) is -2.27. The Morgan fingerprint density at radius 2 is 1.19 bits per heavy atom. The van der Waals surface area contributed by atoms with Crippen molar-refractivity contribution in [2.45, 2.75) is 78.4 Å². The molecule has 0 aromatic heterocycles. The summed E-state index contributed by atoms with van der Waals surface area (Å²) in [7, 11) is 1.12. The summed E-state index contributed by atoms with van der Waals surface area (Å²) in [5.41, 5.74) is -0.922. The van der Waals surface area contributed by atoms with E-state index in [1.165, 1.54) is 0 Å². The molecule has 0 aromatic carbocycles. The molecule has 0 heterocycles. The quantitative estimate of drug-likeness (QED) is 0.260. The van der Waals surface area contributed by atoms with E-state index >= 15 is 0 Å². The minimum Gasteiger partial charge on any atom is -0.463 e. The molecule has 0 fully saturated rings. The molecule has 0 aliphatic heterocycles. The number of rotatable bonds is 7. The molecule has 0 atom stereocenters. The molecule has 0 spiro atoms. The zero-order valence-corrected chi connectivity index (χ0v) is 18.4. The van der Waals surface area contributed by atoms with Crippen LogP contribution in [0.25, 0.3) is 0 Å². The third kappa shape index (κ3) is 18.9. The van der Waals surface area contributed by atoms with Gasteiger partial charge < -0.3 is 14.2 Å². The van der Waals surface area contributed by atoms with E-state index in [9.17, 15) is 19.2 Å². The van der Waals surface area contributed by atoms with E-state index in [0.717, 1.165) is 18.9 Å². The first-order valence-electron chi connectivity index (χ1n) is 8.32. The van der Waals surface area contributed by atoms with Crippen molar-refractivity contribution in [3.8, 4) is 0 Å². The number of esters is 3. The number of hydrogen-bond donors (Lipinski definition) is 0. The van der Waals surface area contributed by atoms with Crippen LogP contribution in [-0.2, 0) is 33.4 Å². The van der Waals surface area contributed by atoms with Crippen LogP contribution in [0.5, 0.6) is 0 Å². The normalized spacial score (nSPS) is 10.9. The molecule has 8 heteroatoms. The Kier molecular flexibility index (Phi) is 13.2. The van der Waals surface area contributed by atoms with E-state index in [4.69, 9.17) is 9.47 Å². The second-order valence-electron chi connectivity index (χ2n) is 7.38. The van der Waals surface area contributed by atoms with Crippen molar-refractivity contribution in [3.05, 3.63) is 0 Å². The lowest BCUT2D eigenvalue weighted by Gasteiger charge is -2.19. The molecule has 0 rings (SSSR count). The van der Waals surface area contributed by atoms with Gasteiger partial charge in [0.2, 0.25) is 5.78 Å². The summed E-state index contributed by atoms with van der Waals surface area (Å²) >= 11 is 3.25. The van der Waals surface area contributed by atoms with Crippen molar-refractivity contribution < 1.29 is 33.4 Å². The number of carbonyl (C=O) groups excluding carboxylic acids is 4. The molecule has 7 nitrogen and oxygen atoms in total. The third-order valence-corrected chi connectivity index (χ3v) is 2.88. The molecular weight excluding hydrogens is 408 g/mol. The Bertz CT molecular complexity index is 473. The zero-order chi connectivity index (χ0) is 21.0. The monoisotopic (exact) mass is 438 g/mol. The van der Waals surface area contributed by atoms with Gasteiger partial charge in [0, 0.05) is 18.2 Å². The van der Waals surface area contributed by atoms with E-state index in [1.807, 2.05) is 20.8 Å². The number of hydrogen-bond acceptors (Lipinski definition) is 7. The molecule has 152 valence electrons. The van der Waals surface area contributed by atoms with Crippen LogP contribution in [0.3, 0.4) is 0 Å². The molecule has 0 N–H and O–H groups in total. The maximum Gasteiger partial charge on any atom is 0.374 e. The van der Waals surface area contributed by atoms with Crippen LogP contribution in [0.1, 0.15) is 67.2 Å². The minimum atomic E-state index is -0.932. The molecular formula is C18H31BrO7. The summed E-state index contributed by atoms with van der Waals surface area (Å²) < 4.78 is 14.2. The minimum absolute atomic E-state index is 0.106. The van der Waals surface area contributed by atoms with Gasteiger partial charge in [-0.05, 0) is 48.0 Å². The number of ether oxygens (including phenoxy) is 3. The van der Waals surface area contributed by atoms with Gasteiger partial charge in [0.1, 0.15) is 11.2 Å². The number of ketones is 1. The van der Waals surface area contributed by atoms with Crippen LogP contribution in [0.15, 0.2) is 0 Å². The highest BCUT2D eigenvalue weighted by Gasteiger charge is 2.20. The fourth-order valence-electron chi connectivity index (χ4n) is 1.43. The van der Waals surface area contributed by atoms with Crippen LogP contribution in [0, 0.1) is 0 Å². The third-order valence-electron chi connectivity index (χ3n) is 2.32. The number of carbonyl (C=O) groups is 4. The first-order chi connectivity index (χ1) is 11.7. The van der Waals surface area contributed by atoms with Gasteiger partial charge >= 0.3 is 17.9 Å². The zero-order valence-electron chi connectivity index (χ0n) is 16.8. The summed E-state index contributed by atoms with van der Waals surface area (Å²) in [6.07, 6.45) is 1.06. The van der Waals surface area contributed by atoms with Crippen LogP contribution in [0.2, 0.25) is 0 Å². The Morgan fingerprint density at radius 1 is 0.769 bits per heavy atom. The number of methoxy groups -OCH3 is 1. The molecule has 0 bridgehead atoms. The lowest BCUT2D eigenvalue weighted by Crippen LogP contribution is -2.25. The lowest BCUT2D eigenvalue weighted by molar-refractivity contribution is -0.157. The maximum absolute atomic E-state index is 11.1. The largest absolute Gasteiger partial charge is 0.463 e. The summed E-state index contributed by atoms with van der Waals surface area (Å²) in [5, 5.41) is 0.853. The van der Waals surface area contributed by atoms with E-state index < -0.39 is 23.3 Å². The summed E-state index contributed by atoms with van der Waals surface area (Å²) in [4.78, 5) is 43.8. The fourth-order valence-corrected chi connectivity index (χ4v) is 1.71. The topological polar surface area (TPSA) is 96.0 Å². The van der Waals surface area contributed by atoms with Gasteiger partial charge in [0.15, 0.2) is 0 Å². The first-order valence-corrected chi connectivity index (χ1v) is 9.44. The van der Waals surface area contributed by atoms with Gasteiger partial charge in [-0.3, -0.25) is 14.4 Å². The smallest absolute Gasteiger partial charge is 0.374 e. The van der Waals surface area contributed by atoms with Crippen molar-refractivity contribution in [2.75, 3.05) is 12.4 Å². The molecule has 26 heavy (non-hydrogen) atoms. The van der Waals surface area contributed by atoms with Gasteiger partial charge in [-0.2, -0.15) is 0 Å². The molecule has 0 saturated heterocycles. The SMILES string of the molecule is CC(C)(C)OC(=O)CCCBr.COC(=O)C(=O)CCC(=O)OC(C)(C)C. The Hall–Kier alpha value is -1.44. The van der Waals surface area contributed by atoms with Crippen LogP contribution in [0.4, 0.5) is 0 Å². The van der Waals surface area contributed by atoms with Crippen molar-refractivity contribution in [1.82, 2.24) is 0 Å². The summed E-state index contributed by atoms with van der Waals surface area (Å²) in [6.45, 7) is 10.8. The molecule has 0 aliphatic carbocycles. The van der Waals surface area contributed by atoms with Gasteiger partial charge in [-0.15, -0.1) is 0 Å². The molecule has 0 saturated carbocycles. The van der Waals surface area contributed by atoms with E-state index in [1.54, 1.807) is 20.8 Å². The average Bonchev–Trinajstić information content (AvgIpc) is 2.47. The first kappa shape index (κ1) is 26.8. The highest BCUT2D eigenvalue weighted by Crippen LogP contribution is 2.10. The highest BCUT2D eigenvalue weighted by molar-refractivity contribution is 9.09. The number of halogens is 1. The molecule has 0 radical (unpaired) electrons. The van der Waals surface area contributed by atoms with Crippen molar-refractivity contribution in [3.63, 3.8) is 0 Å². The van der Waals surface area contributed by atoms with E-state index in [2.05, 4.69) is 20.7 Å². The maximum atomic E-state index is 11.1. The van der Waals surface area contributed by atoms with E-state index in [-0.39, 0.29) is 24.4 Å². The number of alkyl halides is 1. The van der Waals surface area contributed by atoms with Crippen molar-refractivity contribution in [1.29, 1.82) is 0 Å². The molecule has 0 unspecified atom stereocenters. The second-order valence-corrected chi connectivity index (χ2v) is 8.17. The Morgan fingerprint density at radius 3 is 1.54 bits per heavy atom. The predicted molar refractivity (Wildman–Crippen MR) is 101 cm³/mol. The highest BCUT2D eigenvalue weighted by atomic mass is 79.9. The van der Waals surface area contributed by atoms with Crippen LogP contribution >= 0.6 is 15.9 Å². The van der Waals surface area contributed by atoms with Crippen LogP contribution < -0.4 is 0 Å². The van der Waals surface area contributed by atoms with Gasteiger partial charge in [-0.25, -0.2) is 4.79 Å². The van der Waals surface area contributed by atoms with Crippen LogP contribution in [-0.4, -0.2) is 47.3 Å². The average molecular weight is 439 g/mol. The lowest BCUT2D eigenvalue weighted by atomic mass is 10.2. The predicted octanol–water partition coefficient (Wildman–Crippen LogP) is 3.35. The number of Topliss-reactive ketones (excluding diaryl/α,β-unsaturated/α-hetero) is 1. The fraction of sp³-hybridized carbons (Fsp3) is 0.778. The van der Waals surface area contributed by atoms with Gasteiger partial charge in [-0.1, -0.05) is 15.9 Å². The Labute approximate surface area is 164 Å². The molecule has 0 amide bonds. The van der Waals surface area contributed by atoms with Gasteiger partial charge in [0.25, 0.3) is 0 Å². The second kappa shape index (κ2) is 12.8. The standard InChI is InChI=1S/C10H16O5.C8H15BrO2/c1-10(2,3)15-8(12)6-5-7(11)9(13)14-4;1-8(2,3)11-7(10)5-4-6-9/h5-6H2,1-4H3;4-6H2,1-3H3.